The Bertz CT molecular complexity index is 508. The van der Waals surface area contributed by atoms with Gasteiger partial charge >= 0.3 is 0 Å². The van der Waals surface area contributed by atoms with E-state index in [2.05, 4.69) is 28.2 Å². The van der Waals surface area contributed by atoms with Crippen molar-refractivity contribution < 1.29 is 0 Å². The van der Waals surface area contributed by atoms with Gasteiger partial charge in [0.1, 0.15) is 0 Å². The molecule has 0 saturated heterocycles. The lowest BCUT2D eigenvalue weighted by Gasteiger charge is -2.14. The van der Waals surface area contributed by atoms with Gasteiger partial charge in [0.05, 0.1) is 22.8 Å². The molecule has 2 aromatic rings. The van der Waals surface area contributed by atoms with Gasteiger partial charge in [-0.25, -0.2) is 4.98 Å². The molecule has 0 N–H and O–H groups in total. The van der Waals surface area contributed by atoms with E-state index in [1.54, 1.807) is 11.3 Å². The van der Waals surface area contributed by atoms with Gasteiger partial charge in [0, 0.05) is 37.2 Å². The van der Waals surface area contributed by atoms with Crippen molar-refractivity contribution in [3.05, 3.63) is 34.0 Å². The van der Waals surface area contributed by atoms with Crippen molar-refractivity contribution in [2.75, 3.05) is 13.6 Å². The monoisotopic (exact) mass is 298 g/mol. The van der Waals surface area contributed by atoms with Crippen LogP contribution in [0.3, 0.4) is 0 Å². The fourth-order valence-electron chi connectivity index (χ4n) is 1.97. The summed E-state index contributed by atoms with van der Waals surface area (Å²) < 4.78 is 1.84. The van der Waals surface area contributed by atoms with Crippen LogP contribution in [0.1, 0.15) is 22.7 Å². The molecule has 0 aliphatic heterocycles. The number of aryl methyl sites for hydroxylation is 2. The minimum Gasteiger partial charge on any atom is -0.302 e. The highest BCUT2D eigenvalue weighted by molar-refractivity contribution is 7.09. The van der Waals surface area contributed by atoms with Gasteiger partial charge < -0.3 is 4.90 Å². The molecule has 0 aliphatic rings. The molecule has 104 valence electrons. The molecule has 0 amide bonds. The zero-order valence-corrected chi connectivity index (χ0v) is 12.9. The molecule has 2 rings (SSSR count). The van der Waals surface area contributed by atoms with Crippen molar-refractivity contribution in [1.82, 2.24) is 19.7 Å². The standard InChI is InChI=1S/C13H19ClN4S/c1-17(8-11-7-15-18(2)9-11)5-3-4-13-16-12(6-14)10-19-13/h7,9-10H,3-6,8H2,1-2H3. The van der Waals surface area contributed by atoms with Gasteiger partial charge in [-0.15, -0.1) is 22.9 Å². The maximum absolute atomic E-state index is 5.75. The van der Waals surface area contributed by atoms with Crippen LogP contribution in [0, 0.1) is 0 Å². The molecule has 0 atom stereocenters. The summed E-state index contributed by atoms with van der Waals surface area (Å²) in [6.07, 6.45) is 6.12. The van der Waals surface area contributed by atoms with E-state index in [-0.39, 0.29) is 0 Å². The lowest BCUT2D eigenvalue weighted by molar-refractivity contribution is 0.322. The Morgan fingerprint density at radius 1 is 1.47 bits per heavy atom. The molecule has 0 bridgehead atoms. The van der Waals surface area contributed by atoms with Crippen molar-refractivity contribution in [3.63, 3.8) is 0 Å². The number of thiazole rings is 1. The molecule has 0 spiro atoms. The van der Waals surface area contributed by atoms with Crippen LogP contribution >= 0.6 is 22.9 Å². The van der Waals surface area contributed by atoms with Gasteiger partial charge in [0.15, 0.2) is 0 Å². The average molecular weight is 299 g/mol. The normalized spacial score (nSPS) is 11.4. The lowest BCUT2D eigenvalue weighted by atomic mass is 10.3. The van der Waals surface area contributed by atoms with E-state index < -0.39 is 0 Å². The molecular weight excluding hydrogens is 280 g/mol. The van der Waals surface area contributed by atoms with E-state index in [0.29, 0.717) is 5.88 Å². The summed E-state index contributed by atoms with van der Waals surface area (Å²) >= 11 is 7.45. The highest BCUT2D eigenvalue weighted by Crippen LogP contribution is 2.13. The molecule has 6 heteroatoms. The van der Waals surface area contributed by atoms with Crippen LogP contribution in [0.2, 0.25) is 0 Å². The summed E-state index contributed by atoms with van der Waals surface area (Å²) in [4.78, 5) is 6.78. The van der Waals surface area contributed by atoms with Crippen LogP contribution in [0.15, 0.2) is 17.8 Å². The molecular formula is C13H19ClN4S. The Balaban J connectivity index is 1.70. The SMILES string of the molecule is CN(CCCc1nc(CCl)cs1)Cc1cnn(C)c1. The van der Waals surface area contributed by atoms with Crippen molar-refractivity contribution in [2.45, 2.75) is 25.3 Å². The van der Waals surface area contributed by atoms with Crippen LogP contribution in [0.25, 0.3) is 0 Å². The summed E-state index contributed by atoms with van der Waals surface area (Å²) in [7, 11) is 4.08. The van der Waals surface area contributed by atoms with Crippen LogP contribution < -0.4 is 0 Å². The zero-order valence-electron chi connectivity index (χ0n) is 11.3. The molecule has 2 aromatic heterocycles. The quantitative estimate of drug-likeness (QED) is 0.737. The molecule has 0 fully saturated rings. The first-order valence-corrected chi connectivity index (χ1v) is 7.74. The predicted molar refractivity (Wildman–Crippen MR) is 79.5 cm³/mol. The average Bonchev–Trinajstić information content (AvgIpc) is 2.98. The number of halogens is 1. The Hall–Kier alpha value is -0.910. The smallest absolute Gasteiger partial charge is 0.0929 e. The maximum atomic E-state index is 5.75. The minimum atomic E-state index is 0.511. The van der Waals surface area contributed by atoms with Crippen molar-refractivity contribution >= 4 is 22.9 Å². The van der Waals surface area contributed by atoms with Gasteiger partial charge in [-0.1, -0.05) is 0 Å². The fraction of sp³-hybridized carbons (Fsp3) is 0.538. The fourth-order valence-corrected chi connectivity index (χ4v) is 3.04. The van der Waals surface area contributed by atoms with E-state index in [4.69, 9.17) is 11.6 Å². The van der Waals surface area contributed by atoms with Crippen molar-refractivity contribution in [1.29, 1.82) is 0 Å². The third kappa shape index (κ3) is 4.60. The number of hydrogen-bond donors (Lipinski definition) is 0. The van der Waals surface area contributed by atoms with Crippen LogP contribution in [0.4, 0.5) is 0 Å². The molecule has 0 radical (unpaired) electrons. The predicted octanol–water partition coefficient (Wildman–Crippen LogP) is 2.68. The van der Waals surface area contributed by atoms with Gasteiger partial charge in [0.25, 0.3) is 0 Å². The summed E-state index contributed by atoms with van der Waals surface area (Å²) in [6, 6.07) is 0. The summed E-state index contributed by atoms with van der Waals surface area (Å²) in [5.41, 5.74) is 2.24. The lowest BCUT2D eigenvalue weighted by Crippen LogP contribution is -2.19. The third-order valence-electron chi connectivity index (χ3n) is 2.88. The second-order valence-electron chi connectivity index (χ2n) is 4.73. The largest absolute Gasteiger partial charge is 0.302 e. The Kier molecular flexibility index (Phi) is 5.36. The van der Waals surface area contributed by atoms with Crippen LogP contribution in [0.5, 0.6) is 0 Å². The number of hydrogen-bond acceptors (Lipinski definition) is 4. The number of alkyl halides is 1. The second kappa shape index (κ2) is 7.03. The van der Waals surface area contributed by atoms with Gasteiger partial charge in [-0.3, -0.25) is 4.68 Å². The second-order valence-corrected chi connectivity index (χ2v) is 5.94. The number of rotatable bonds is 7. The first kappa shape index (κ1) is 14.5. The molecule has 19 heavy (non-hydrogen) atoms. The van der Waals surface area contributed by atoms with Gasteiger partial charge in [-0.2, -0.15) is 5.10 Å². The summed E-state index contributed by atoms with van der Waals surface area (Å²) in [5.74, 6) is 0.511. The van der Waals surface area contributed by atoms with Crippen LogP contribution in [-0.2, 0) is 25.9 Å². The van der Waals surface area contributed by atoms with Crippen LogP contribution in [-0.4, -0.2) is 33.3 Å². The van der Waals surface area contributed by atoms with Gasteiger partial charge in [-0.05, 0) is 20.0 Å². The molecule has 2 heterocycles. The highest BCUT2D eigenvalue weighted by atomic mass is 35.5. The molecule has 0 aromatic carbocycles. The molecule has 0 aliphatic carbocycles. The number of aromatic nitrogens is 3. The van der Waals surface area contributed by atoms with E-state index in [0.717, 1.165) is 31.6 Å². The summed E-state index contributed by atoms with van der Waals surface area (Å²) in [6.45, 7) is 2.00. The Labute approximate surface area is 123 Å². The van der Waals surface area contributed by atoms with Crippen molar-refractivity contribution in [2.24, 2.45) is 7.05 Å². The van der Waals surface area contributed by atoms with E-state index >= 15 is 0 Å². The third-order valence-corrected chi connectivity index (χ3v) is 4.11. The maximum Gasteiger partial charge on any atom is 0.0929 e. The molecule has 4 nitrogen and oxygen atoms in total. The minimum absolute atomic E-state index is 0.511. The molecule has 0 saturated carbocycles. The van der Waals surface area contributed by atoms with E-state index in [1.807, 2.05) is 23.3 Å². The van der Waals surface area contributed by atoms with E-state index in [1.165, 1.54) is 10.6 Å². The van der Waals surface area contributed by atoms with Gasteiger partial charge in [0.2, 0.25) is 0 Å². The topological polar surface area (TPSA) is 34.0 Å². The highest BCUT2D eigenvalue weighted by Gasteiger charge is 2.04. The Morgan fingerprint density at radius 3 is 2.95 bits per heavy atom. The summed E-state index contributed by atoms with van der Waals surface area (Å²) in [5, 5.41) is 7.41. The first-order chi connectivity index (χ1) is 9.17. The van der Waals surface area contributed by atoms with Crippen molar-refractivity contribution in [3.8, 4) is 0 Å². The zero-order chi connectivity index (χ0) is 13.7. The Morgan fingerprint density at radius 2 is 2.32 bits per heavy atom. The van der Waals surface area contributed by atoms with E-state index in [9.17, 15) is 0 Å². The molecule has 0 unspecified atom stereocenters. The number of nitrogens with zero attached hydrogens (tertiary/aromatic N) is 4. The first-order valence-electron chi connectivity index (χ1n) is 6.32.